The molecule has 2 nitrogen and oxygen atoms in total. The van der Waals surface area contributed by atoms with Crippen molar-refractivity contribution < 1.29 is 5.11 Å². The number of hydrogen-bond acceptors (Lipinski definition) is 2. The molecule has 0 bridgehead atoms. The number of aromatic nitrogens is 1. The third-order valence-corrected chi connectivity index (χ3v) is 3.54. The third-order valence-electron chi connectivity index (χ3n) is 3.54. The van der Waals surface area contributed by atoms with Gasteiger partial charge in [0.25, 0.3) is 0 Å². The summed E-state index contributed by atoms with van der Waals surface area (Å²) in [6.45, 7) is 0. The third kappa shape index (κ3) is 1.50. The molecule has 1 aliphatic carbocycles. The van der Waals surface area contributed by atoms with E-state index in [4.69, 9.17) is 0 Å². The van der Waals surface area contributed by atoms with Crippen LogP contribution in [0, 0.1) is 0 Å². The molecule has 2 atom stereocenters. The van der Waals surface area contributed by atoms with Gasteiger partial charge < -0.3 is 5.11 Å². The molecule has 0 saturated heterocycles. The Morgan fingerprint density at radius 2 is 2.00 bits per heavy atom. The molecule has 0 amide bonds. The quantitative estimate of drug-likeness (QED) is 0.790. The van der Waals surface area contributed by atoms with Crippen LogP contribution in [-0.4, -0.2) is 16.2 Å². The maximum absolute atomic E-state index is 9.97. The molecule has 0 aliphatic heterocycles. The Morgan fingerprint density at radius 3 is 2.81 bits per heavy atom. The largest absolute Gasteiger partial charge is 0.392 e. The van der Waals surface area contributed by atoms with Gasteiger partial charge >= 0.3 is 0 Å². The molecule has 1 fully saturated rings. The van der Waals surface area contributed by atoms with Gasteiger partial charge in [0.15, 0.2) is 0 Å². The second kappa shape index (κ2) is 3.87. The Balaban J connectivity index is 2.16. The van der Waals surface area contributed by atoms with Crippen LogP contribution in [-0.2, 0) is 0 Å². The molecule has 0 spiro atoms. The molecule has 2 unspecified atom stereocenters. The van der Waals surface area contributed by atoms with Crippen LogP contribution < -0.4 is 0 Å². The van der Waals surface area contributed by atoms with Crippen molar-refractivity contribution in [3.8, 4) is 0 Å². The molecule has 1 aromatic carbocycles. The number of aliphatic hydroxyl groups is 1. The summed E-state index contributed by atoms with van der Waals surface area (Å²) in [7, 11) is 0. The van der Waals surface area contributed by atoms with E-state index in [1.165, 1.54) is 10.9 Å². The number of aliphatic hydroxyl groups excluding tert-OH is 1. The second-order valence-electron chi connectivity index (χ2n) is 4.53. The first-order valence-corrected chi connectivity index (χ1v) is 5.88. The molecule has 1 N–H and O–H groups in total. The monoisotopic (exact) mass is 213 g/mol. The topological polar surface area (TPSA) is 33.1 Å². The molecule has 0 radical (unpaired) electrons. The first-order chi connectivity index (χ1) is 7.86. The fourth-order valence-corrected chi connectivity index (χ4v) is 2.73. The number of fused-ring (bicyclic) bond motifs is 1. The maximum atomic E-state index is 9.97. The van der Waals surface area contributed by atoms with Crippen molar-refractivity contribution in [1.82, 2.24) is 4.98 Å². The highest BCUT2D eigenvalue weighted by molar-refractivity contribution is 5.82. The number of nitrogens with zero attached hydrogens (tertiary/aromatic N) is 1. The van der Waals surface area contributed by atoms with Crippen LogP contribution in [0.5, 0.6) is 0 Å². The maximum Gasteiger partial charge on any atom is 0.0737 e. The lowest BCUT2D eigenvalue weighted by Crippen LogP contribution is -2.11. The molecule has 2 heteroatoms. The van der Waals surface area contributed by atoms with E-state index in [0.717, 1.165) is 24.8 Å². The minimum Gasteiger partial charge on any atom is -0.392 e. The molecule has 1 aliphatic rings. The Bertz CT molecular complexity index is 504. The van der Waals surface area contributed by atoms with E-state index in [9.17, 15) is 5.11 Å². The molecular weight excluding hydrogens is 198 g/mol. The Labute approximate surface area is 94.9 Å². The standard InChI is InChI=1S/C14H15NO/c16-13-8-2-6-11(13)12-7-1-4-10-5-3-9-15-14(10)12/h1,3-5,7,9,11,13,16H,2,6,8H2. The minimum atomic E-state index is -0.187. The van der Waals surface area contributed by atoms with E-state index in [1.807, 2.05) is 12.3 Å². The van der Waals surface area contributed by atoms with Crippen molar-refractivity contribution in [3.63, 3.8) is 0 Å². The van der Waals surface area contributed by atoms with Crippen molar-refractivity contribution in [2.75, 3.05) is 0 Å². The van der Waals surface area contributed by atoms with E-state index < -0.39 is 0 Å². The SMILES string of the molecule is OC1CCCC1c1cccc2cccnc12. The van der Waals surface area contributed by atoms with Crippen molar-refractivity contribution >= 4 is 10.9 Å². The lowest BCUT2D eigenvalue weighted by Gasteiger charge is -2.16. The van der Waals surface area contributed by atoms with Crippen LogP contribution in [0.1, 0.15) is 30.7 Å². The summed E-state index contributed by atoms with van der Waals surface area (Å²) in [5.74, 6) is 0.276. The average molecular weight is 213 g/mol. The normalized spacial score (nSPS) is 25.1. The predicted molar refractivity (Wildman–Crippen MR) is 64.3 cm³/mol. The van der Waals surface area contributed by atoms with Crippen LogP contribution in [0.3, 0.4) is 0 Å². The first-order valence-electron chi connectivity index (χ1n) is 5.88. The van der Waals surface area contributed by atoms with Crippen molar-refractivity contribution in [2.45, 2.75) is 31.3 Å². The van der Waals surface area contributed by atoms with E-state index in [1.54, 1.807) is 0 Å². The molecule has 1 heterocycles. The highest BCUT2D eigenvalue weighted by atomic mass is 16.3. The number of benzene rings is 1. The predicted octanol–water partition coefficient (Wildman–Crippen LogP) is 2.86. The number of hydrogen-bond donors (Lipinski definition) is 1. The zero-order chi connectivity index (χ0) is 11.0. The lowest BCUT2D eigenvalue weighted by molar-refractivity contribution is 0.164. The average Bonchev–Trinajstić information content (AvgIpc) is 2.75. The van der Waals surface area contributed by atoms with E-state index in [-0.39, 0.29) is 12.0 Å². The van der Waals surface area contributed by atoms with Gasteiger partial charge in [-0.3, -0.25) is 4.98 Å². The summed E-state index contributed by atoms with van der Waals surface area (Å²) >= 11 is 0. The van der Waals surface area contributed by atoms with Crippen LogP contribution in [0.4, 0.5) is 0 Å². The van der Waals surface area contributed by atoms with Gasteiger partial charge in [-0.1, -0.05) is 30.7 Å². The molecule has 1 aromatic heterocycles. The minimum absolute atomic E-state index is 0.187. The summed E-state index contributed by atoms with van der Waals surface area (Å²) in [4.78, 5) is 4.45. The fourth-order valence-electron chi connectivity index (χ4n) is 2.73. The summed E-state index contributed by atoms with van der Waals surface area (Å²) in [5.41, 5.74) is 2.26. The van der Waals surface area contributed by atoms with Gasteiger partial charge in [0, 0.05) is 17.5 Å². The molecule has 3 rings (SSSR count). The van der Waals surface area contributed by atoms with Gasteiger partial charge in [-0.15, -0.1) is 0 Å². The molecule has 1 saturated carbocycles. The summed E-state index contributed by atoms with van der Waals surface area (Å²) in [5, 5.41) is 11.1. The highest BCUT2D eigenvalue weighted by Gasteiger charge is 2.28. The van der Waals surface area contributed by atoms with Crippen molar-refractivity contribution in [2.24, 2.45) is 0 Å². The van der Waals surface area contributed by atoms with Gasteiger partial charge in [0.1, 0.15) is 0 Å². The lowest BCUT2D eigenvalue weighted by atomic mass is 9.93. The Morgan fingerprint density at radius 1 is 1.12 bits per heavy atom. The zero-order valence-electron chi connectivity index (χ0n) is 9.13. The second-order valence-corrected chi connectivity index (χ2v) is 4.53. The smallest absolute Gasteiger partial charge is 0.0737 e. The van der Waals surface area contributed by atoms with E-state index in [0.29, 0.717) is 0 Å². The first kappa shape index (κ1) is 9.79. The van der Waals surface area contributed by atoms with Crippen LogP contribution in [0.25, 0.3) is 10.9 Å². The Hall–Kier alpha value is -1.41. The van der Waals surface area contributed by atoms with Gasteiger partial charge in [0.2, 0.25) is 0 Å². The number of para-hydroxylation sites is 1. The summed E-state index contributed by atoms with van der Waals surface area (Å²) in [6, 6.07) is 10.3. The van der Waals surface area contributed by atoms with Gasteiger partial charge in [-0.05, 0) is 24.5 Å². The molecular formula is C14H15NO. The Kier molecular flexibility index (Phi) is 2.37. The molecule has 82 valence electrons. The van der Waals surface area contributed by atoms with Gasteiger partial charge in [-0.25, -0.2) is 0 Å². The van der Waals surface area contributed by atoms with Crippen molar-refractivity contribution in [1.29, 1.82) is 0 Å². The van der Waals surface area contributed by atoms with Gasteiger partial charge in [-0.2, -0.15) is 0 Å². The zero-order valence-corrected chi connectivity index (χ0v) is 9.13. The van der Waals surface area contributed by atoms with E-state index in [2.05, 4.69) is 29.2 Å². The fraction of sp³-hybridized carbons (Fsp3) is 0.357. The highest BCUT2D eigenvalue weighted by Crippen LogP contribution is 2.37. The summed E-state index contributed by atoms with van der Waals surface area (Å²) in [6.07, 6.45) is 4.76. The molecule has 16 heavy (non-hydrogen) atoms. The summed E-state index contributed by atoms with van der Waals surface area (Å²) < 4.78 is 0. The van der Waals surface area contributed by atoms with Crippen LogP contribution >= 0.6 is 0 Å². The van der Waals surface area contributed by atoms with Gasteiger partial charge in [0.05, 0.1) is 11.6 Å². The van der Waals surface area contributed by atoms with Crippen molar-refractivity contribution in [3.05, 3.63) is 42.1 Å². The van der Waals surface area contributed by atoms with Crippen LogP contribution in [0.15, 0.2) is 36.5 Å². The number of pyridine rings is 1. The van der Waals surface area contributed by atoms with E-state index >= 15 is 0 Å². The molecule has 2 aromatic rings. The number of rotatable bonds is 1. The van der Waals surface area contributed by atoms with Crippen LogP contribution in [0.2, 0.25) is 0 Å².